The number of ether oxygens (including phenoxy) is 1. The van der Waals surface area contributed by atoms with Gasteiger partial charge in [0.05, 0.1) is 12.9 Å². The standard InChI is InChI=1S/C17H24N2O4/c1-2-10-18-15(20)13-12-23-17(8-4-3-5-9-17)19(13)16(21)14-7-6-11-22-14/h6-7,11,13H,2-5,8-10,12H2,1H3,(H,18,20)/t13-/m1/s1. The minimum absolute atomic E-state index is 0.144. The Morgan fingerprint density at radius 3 is 2.78 bits per heavy atom. The lowest BCUT2D eigenvalue weighted by atomic mass is 9.90. The van der Waals surface area contributed by atoms with Gasteiger partial charge < -0.3 is 14.5 Å². The maximum Gasteiger partial charge on any atom is 0.292 e. The van der Waals surface area contributed by atoms with Crippen LogP contribution in [0.2, 0.25) is 0 Å². The molecular formula is C17H24N2O4. The van der Waals surface area contributed by atoms with E-state index in [-0.39, 0.29) is 24.2 Å². The Hall–Kier alpha value is -1.82. The summed E-state index contributed by atoms with van der Waals surface area (Å²) in [5.74, 6) is -0.144. The maximum absolute atomic E-state index is 12.9. The van der Waals surface area contributed by atoms with Gasteiger partial charge in [-0.2, -0.15) is 0 Å². The first-order chi connectivity index (χ1) is 11.2. The lowest BCUT2D eigenvalue weighted by Crippen LogP contribution is -2.56. The molecule has 2 heterocycles. The van der Waals surface area contributed by atoms with E-state index in [1.54, 1.807) is 17.0 Å². The molecule has 0 unspecified atom stereocenters. The number of hydrogen-bond acceptors (Lipinski definition) is 4. The molecule has 0 aromatic carbocycles. The molecule has 1 aromatic rings. The second-order valence-electron chi connectivity index (χ2n) is 6.28. The average Bonchev–Trinajstić information content (AvgIpc) is 3.21. The summed E-state index contributed by atoms with van der Waals surface area (Å²) >= 11 is 0. The summed E-state index contributed by atoms with van der Waals surface area (Å²) in [4.78, 5) is 27.1. The predicted molar refractivity (Wildman–Crippen MR) is 83.7 cm³/mol. The van der Waals surface area contributed by atoms with Gasteiger partial charge in [0.15, 0.2) is 5.76 Å². The largest absolute Gasteiger partial charge is 0.459 e. The number of nitrogens with one attached hydrogen (secondary N) is 1. The molecule has 23 heavy (non-hydrogen) atoms. The Balaban J connectivity index is 1.87. The van der Waals surface area contributed by atoms with Gasteiger partial charge in [-0.05, 0) is 44.2 Å². The van der Waals surface area contributed by atoms with Crippen LogP contribution in [0.3, 0.4) is 0 Å². The van der Waals surface area contributed by atoms with Crippen molar-refractivity contribution in [1.29, 1.82) is 0 Å². The van der Waals surface area contributed by atoms with E-state index < -0.39 is 11.8 Å². The zero-order valence-electron chi connectivity index (χ0n) is 13.5. The van der Waals surface area contributed by atoms with Crippen molar-refractivity contribution in [2.24, 2.45) is 0 Å². The molecule has 0 bridgehead atoms. The van der Waals surface area contributed by atoms with Gasteiger partial charge >= 0.3 is 0 Å². The number of amides is 2. The van der Waals surface area contributed by atoms with Crippen LogP contribution in [0.5, 0.6) is 0 Å². The van der Waals surface area contributed by atoms with Crippen molar-refractivity contribution in [2.75, 3.05) is 13.2 Å². The molecule has 1 saturated heterocycles. The Bertz CT molecular complexity index is 549. The Kier molecular flexibility index (Phi) is 4.71. The van der Waals surface area contributed by atoms with E-state index in [2.05, 4.69) is 5.32 Å². The lowest BCUT2D eigenvalue weighted by Gasteiger charge is -2.41. The van der Waals surface area contributed by atoms with Crippen molar-refractivity contribution in [1.82, 2.24) is 10.2 Å². The van der Waals surface area contributed by atoms with Crippen LogP contribution in [0.25, 0.3) is 0 Å². The van der Waals surface area contributed by atoms with Crippen LogP contribution in [-0.4, -0.2) is 41.6 Å². The molecule has 1 atom stereocenters. The molecule has 2 aliphatic rings. The highest BCUT2D eigenvalue weighted by atomic mass is 16.5. The fourth-order valence-corrected chi connectivity index (χ4v) is 3.56. The molecular weight excluding hydrogens is 296 g/mol. The normalized spacial score (nSPS) is 23.2. The Morgan fingerprint density at radius 1 is 1.35 bits per heavy atom. The zero-order valence-corrected chi connectivity index (χ0v) is 13.5. The minimum Gasteiger partial charge on any atom is -0.459 e. The smallest absolute Gasteiger partial charge is 0.292 e. The molecule has 0 radical (unpaired) electrons. The number of carbonyl (C=O) groups excluding carboxylic acids is 2. The van der Waals surface area contributed by atoms with Gasteiger partial charge in [-0.15, -0.1) is 0 Å². The van der Waals surface area contributed by atoms with Crippen LogP contribution < -0.4 is 5.32 Å². The summed E-state index contributed by atoms with van der Waals surface area (Å²) in [6.45, 7) is 2.85. The molecule has 6 nitrogen and oxygen atoms in total. The molecule has 1 spiro atoms. The first kappa shape index (κ1) is 16.1. The summed E-state index contributed by atoms with van der Waals surface area (Å²) in [6, 6.07) is 2.74. The van der Waals surface area contributed by atoms with Crippen molar-refractivity contribution in [3.8, 4) is 0 Å². The average molecular weight is 320 g/mol. The van der Waals surface area contributed by atoms with Gasteiger partial charge in [0.2, 0.25) is 5.91 Å². The van der Waals surface area contributed by atoms with Crippen LogP contribution in [0.4, 0.5) is 0 Å². The van der Waals surface area contributed by atoms with Gasteiger partial charge in [-0.1, -0.05) is 13.3 Å². The molecule has 2 fully saturated rings. The van der Waals surface area contributed by atoms with Gasteiger partial charge in [-0.3, -0.25) is 14.5 Å². The second-order valence-corrected chi connectivity index (χ2v) is 6.28. The van der Waals surface area contributed by atoms with Gasteiger partial charge in [0, 0.05) is 6.54 Å². The lowest BCUT2D eigenvalue weighted by molar-refractivity contribution is -0.127. The van der Waals surface area contributed by atoms with Gasteiger partial charge in [0.25, 0.3) is 5.91 Å². The van der Waals surface area contributed by atoms with E-state index in [1.807, 2.05) is 6.92 Å². The number of furan rings is 1. The van der Waals surface area contributed by atoms with E-state index in [0.717, 1.165) is 38.5 Å². The van der Waals surface area contributed by atoms with Crippen LogP contribution in [-0.2, 0) is 9.53 Å². The summed E-state index contributed by atoms with van der Waals surface area (Å²) in [5, 5.41) is 2.88. The highest BCUT2D eigenvalue weighted by Crippen LogP contribution is 2.41. The third-order valence-electron chi connectivity index (χ3n) is 4.70. The van der Waals surface area contributed by atoms with Crippen molar-refractivity contribution in [2.45, 2.75) is 57.2 Å². The van der Waals surface area contributed by atoms with Gasteiger partial charge in [-0.25, -0.2) is 0 Å². The molecule has 1 saturated carbocycles. The fourth-order valence-electron chi connectivity index (χ4n) is 3.56. The SMILES string of the molecule is CCCNC(=O)[C@H]1COC2(CCCCC2)N1C(=O)c1ccco1. The van der Waals surface area contributed by atoms with E-state index in [9.17, 15) is 9.59 Å². The summed E-state index contributed by atoms with van der Waals surface area (Å²) < 4.78 is 11.3. The van der Waals surface area contributed by atoms with Crippen LogP contribution in [0.1, 0.15) is 56.0 Å². The van der Waals surface area contributed by atoms with Gasteiger partial charge in [0.1, 0.15) is 11.8 Å². The van der Waals surface area contributed by atoms with Crippen molar-refractivity contribution in [3.05, 3.63) is 24.2 Å². The highest BCUT2D eigenvalue weighted by molar-refractivity contribution is 5.96. The quantitative estimate of drug-likeness (QED) is 0.924. The number of nitrogens with zero attached hydrogens (tertiary/aromatic N) is 1. The molecule has 1 aliphatic carbocycles. The summed E-state index contributed by atoms with van der Waals surface area (Å²) in [5.41, 5.74) is -0.656. The predicted octanol–water partition coefficient (Wildman–Crippen LogP) is 2.31. The highest BCUT2D eigenvalue weighted by Gasteiger charge is 2.53. The Labute approximate surface area is 136 Å². The summed E-state index contributed by atoms with van der Waals surface area (Å²) in [7, 11) is 0. The first-order valence-corrected chi connectivity index (χ1v) is 8.47. The molecule has 3 rings (SSSR count). The van der Waals surface area contributed by atoms with Crippen molar-refractivity contribution >= 4 is 11.8 Å². The molecule has 1 N–H and O–H groups in total. The molecule has 1 aliphatic heterocycles. The van der Waals surface area contributed by atoms with Crippen molar-refractivity contribution < 1.29 is 18.7 Å². The second kappa shape index (κ2) is 6.74. The van der Waals surface area contributed by atoms with Crippen molar-refractivity contribution in [3.63, 3.8) is 0 Å². The van der Waals surface area contributed by atoms with Crippen LogP contribution >= 0.6 is 0 Å². The number of rotatable bonds is 4. The molecule has 126 valence electrons. The third-order valence-corrected chi connectivity index (χ3v) is 4.70. The van der Waals surface area contributed by atoms with E-state index in [4.69, 9.17) is 9.15 Å². The van der Waals surface area contributed by atoms with E-state index in [1.165, 1.54) is 6.26 Å². The van der Waals surface area contributed by atoms with Crippen LogP contribution in [0.15, 0.2) is 22.8 Å². The summed E-state index contributed by atoms with van der Waals surface area (Å²) in [6.07, 6.45) is 7.03. The topological polar surface area (TPSA) is 71.8 Å². The molecule has 2 amide bonds. The number of carbonyl (C=O) groups is 2. The third kappa shape index (κ3) is 3.00. The molecule has 1 aromatic heterocycles. The molecule has 6 heteroatoms. The number of hydrogen-bond donors (Lipinski definition) is 1. The Morgan fingerprint density at radius 2 is 2.13 bits per heavy atom. The van der Waals surface area contributed by atoms with E-state index in [0.29, 0.717) is 6.54 Å². The first-order valence-electron chi connectivity index (χ1n) is 8.47. The fraction of sp³-hybridized carbons (Fsp3) is 0.647. The van der Waals surface area contributed by atoms with E-state index >= 15 is 0 Å². The maximum atomic E-state index is 12.9. The minimum atomic E-state index is -0.656. The monoisotopic (exact) mass is 320 g/mol. The zero-order chi connectivity index (χ0) is 16.3. The van der Waals surface area contributed by atoms with Crippen LogP contribution in [0, 0.1) is 0 Å².